The van der Waals surface area contributed by atoms with E-state index in [4.69, 9.17) is 28.3 Å². The second-order valence-corrected chi connectivity index (χ2v) is 6.19. The molecule has 4 nitrogen and oxygen atoms in total. The van der Waals surface area contributed by atoms with Crippen molar-refractivity contribution in [3.63, 3.8) is 0 Å². The summed E-state index contributed by atoms with van der Waals surface area (Å²) < 4.78 is 1.84. The van der Waals surface area contributed by atoms with E-state index in [1.54, 1.807) is 0 Å². The fourth-order valence-corrected chi connectivity index (χ4v) is 2.76. The molecular weight excluding hydrogens is 321 g/mol. The van der Waals surface area contributed by atoms with Gasteiger partial charge in [-0.25, -0.2) is 0 Å². The van der Waals surface area contributed by atoms with Gasteiger partial charge in [-0.3, -0.25) is 4.68 Å². The maximum absolute atomic E-state index is 9.06. The SMILES string of the molecule is Cc1nn(CCO)c(C)c1CN[C@@H](C)c1ccc(Cl)c(Cl)c1. The molecule has 6 heteroatoms. The molecule has 1 aromatic heterocycles. The fourth-order valence-electron chi connectivity index (χ4n) is 2.46. The van der Waals surface area contributed by atoms with E-state index in [2.05, 4.69) is 17.3 Å². The Bertz CT molecular complexity index is 655. The molecule has 0 bridgehead atoms. The molecule has 0 spiro atoms. The highest BCUT2D eigenvalue weighted by Crippen LogP contribution is 2.26. The summed E-state index contributed by atoms with van der Waals surface area (Å²) in [5.74, 6) is 0. The van der Waals surface area contributed by atoms with Gasteiger partial charge < -0.3 is 10.4 Å². The number of rotatable bonds is 6. The minimum atomic E-state index is 0.0918. The number of nitrogens with zero attached hydrogens (tertiary/aromatic N) is 2. The molecule has 1 heterocycles. The number of nitrogens with one attached hydrogen (secondary N) is 1. The predicted molar refractivity (Wildman–Crippen MR) is 90.5 cm³/mol. The molecule has 22 heavy (non-hydrogen) atoms. The topological polar surface area (TPSA) is 50.1 Å². The van der Waals surface area contributed by atoms with Crippen LogP contribution in [0.3, 0.4) is 0 Å². The third-order valence-corrected chi connectivity index (χ3v) is 4.61. The van der Waals surface area contributed by atoms with E-state index in [1.165, 1.54) is 5.56 Å². The van der Waals surface area contributed by atoms with Crippen LogP contribution in [0.5, 0.6) is 0 Å². The smallest absolute Gasteiger partial charge is 0.0644 e. The van der Waals surface area contributed by atoms with Crippen molar-refractivity contribution in [1.82, 2.24) is 15.1 Å². The van der Waals surface area contributed by atoms with Crippen molar-refractivity contribution in [3.8, 4) is 0 Å². The molecule has 0 aliphatic heterocycles. The Kier molecular flexibility index (Phi) is 5.87. The number of halogens is 2. The normalized spacial score (nSPS) is 12.6. The minimum absolute atomic E-state index is 0.0918. The van der Waals surface area contributed by atoms with Gasteiger partial charge in [0.05, 0.1) is 28.9 Å². The molecule has 1 atom stereocenters. The molecule has 0 aliphatic carbocycles. The molecule has 0 unspecified atom stereocenters. The first-order chi connectivity index (χ1) is 10.4. The van der Waals surface area contributed by atoms with Crippen LogP contribution in [0, 0.1) is 13.8 Å². The van der Waals surface area contributed by atoms with Crippen molar-refractivity contribution in [2.75, 3.05) is 6.61 Å². The van der Waals surface area contributed by atoms with E-state index >= 15 is 0 Å². The van der Waals surface area contributed by atoms with Gasteiger partial charge in [0.25, 0.3) is 0 Å². The highest BCUT2D eigenvalue weighted by molar-refractivity contribution is 6.42. The first-order valence-electron chi connectivity index (χ1n) is 7.26. The quantitative estimate of drug-likeness (QED) is 0.843. The molecule has 0 saturated heterocycles. The number of aromatic nitrogens is 2. The summed E-state index contributed by atoms with van der Waals surface area (Å²) in [5.41, 5.74) is 4.33. The molecule has 2 N–H and O–H groups in total. The molecule has 2 aromatic rings. The average Bonchev–Trinajstić information content (AvgIpc) is 2.74. The van der Waals surface area contributed by atoms with Gasteiger partial charge in [-0.05, 0) is 38.5 Å². The third kappa shape index (κ3) is 3.82. The number of hydrogen-bond acceptors (Lipinski definition) is 3. The van der Waals surface area contributed by atoms with Gasteiger partial charge in [-0.15, -0.1) is 0 Å². The van der Waals surface area contributed by atoms with Crippen molar-refractivity contribution in [2.24, 2.45) is 0 Å². The van der Waals surface area contributed by atoms with Crippen molar-refractivity contribution >= 4 is 23.2 Å². The Morgan fingerprint density at radius 2 is 2.00 bits per heavy atom. The first-order valence-corrected chi connectivity index (χ1v) is 8.01. The van der Waals surface area contributed by atoms with Gasteiger partial charge in [0.2, 0.25) is 0 Å². The lowest BCUT2D eigenvalue weighted by Gasteiger charge is -2.15. The average molecular weight is 342 g/mol. The molecule has 0 aliphatic rings. The monoisotopic (exact) mass is 341 g/mol. The van der Waals surface area contributed by atoms with Crippen molar-refractivity contribution in [3.05, 3.63) is 50.8 Å². The van der Waals surface area contributed by atoms with E-state index in [-0.39, 0.29) is 12.6 Å². The largest absolute Gasteiger partial charge is 0.394 e. The summed E-state index contributed by atoms with van der Waals surface area (Å²) in [4.78, 5) is 0. The molecule has 0 radical (unpaired) electrons. The molecule has 0 saturated carbocycles. The van der Waals surface area contributed by atoms with Gasteiger partial charge in [-0.2, -0.15) is 5.10 Å². The lowest BCUT2D eigenvalue weighted by atomic mass is 10.1. The maximum atomic E-state index is 9.06. The number of aliphatic hydroxyl groups excluding tert-OH is 1. The van der Waals surface area contributed by atoms with Crippen molar-refractivity contribution < 1.29 is 5.11 Å². The van der Waals surface area contributed by atoms with Gasteiger partial charge in [0, 0.05) is 23.8 Å². The number of aliphatic hydroxyl groups is 1. The first kappa shape index (κ1) is 17.3. The molecule has 0 fully saturated rings. The number of benzene rings is 1. The van der Waals surface area contributed by atoms with Gasteiger partial charge in [-0.1, -0.05) is 29.3 Å². The summed E-state index contributed by atoms with van der Waals surface area (Å²) >= 11 is 12.0. The summed E-state index contributed by atoms with van der Waals surface area (Å²) in [5, 5.41) is 18.1. The van der Waals surface area contributed by atoms with Crippen LogP contribution in [0.25, 0.3) is 0 Å². The van der Waals surface area contributed by atoms with Gasteiger partial charge in [0.15, 0.2) is 0 Å². The Hall–Kier alpha value is -1.07. The van der Waals surface area contributed by atoms with Gasteiger partial charge >= 0.3 is 0 Å². The molecule has 120 valence electrons. The van der Waals surface area contributed by atoms with Crippen LogP contribution in [-0.4, -0.2) is 21.5 Å². The molecule has 0 amide bonds. The van der Waals surface area contributed by atoms with Crippen LogP contribution in [0.4, 0.5) is 0 Å². The molecular formula is C16H21Cl2N3O. The summed E-state index contributed by atoms with van der Waals surface area (Å²) in [7, 11) is 0. The van der Waals surface area contributed by atoms with E-state index in [0.717, 1.165) is 17.0 Å². The van der Waals surface area contributed by atoms with Crippen LogP contribution >= 0.6 is 23.2 Å². The number of hydrogen-bond donors (Lipinski definition) is 2. The Labute approximate surface area is 141 Å². The maximum Gasteiger partial charge on any atom is 0.0644 e. The van der Waals surface area contributed by atoms with E-state index < -0.39 is 0 Å². The minimum Gasteiger partial charge on any atom is -0.394 e. The second-order valence-electron chi connectivity index (χ2n) is 5.37. The van der Waals surface area contributed by atoms with E-state index in [1.807, 2.05) is 36.7 Å². The van der Waals surface area contributed by atoms with Crippen LogP contribution < -0.4 is 5.32 Å². The Morgan fingerprint density at radius 3 is 2.64 bits per heavy atom. The zero-order chi connectivity index (χ0) is 16.3. The van der Waals surface area contributed by atoms with Crippen LogP contribution in [-0.2, 0) is 13.1 Å². The Balaban J connectivity index is 2.07. The number of aryl methyl sites for hydroxylation is 1. The summed E-state index contributed by atoms with van der Waals surface area (Å²) in [6.07, 6.45) is 0. The Morgan fingerprint density at radius 1 is 1.27 bits per heavy atom. The zero-order valence-electron chi connectivity index (χ0n) is 13.0. The molecule has 2 rings (SSSR count). The van der Waals surface area contributed by atoms with E-state index in [9.17, 15) is 0 Å². The van der Waals surface area contributed by atoms with Crippen LogP contribution in [0.1, 0.15) is 35.5 Å². The predicted octanol–water partition coefficient (Wildman–Crippen LogP) is 3.65. The van der Waals surface area contributed by atoms with E-state index in [0.29, 0.717) is 23.1 Å². The van der Waals surface area contributed by atoms with Gasteiger partial charge in [0.1, 0.15) is 0 Å². The standard InChI is InChI=1S/C16H21Cl2N3O/c1-10(13-4-5-15(17)16(18)8-13)19-9-14-11(2)20-21(6-7-22)12(14)3/h4-5,8,10,19,22H,6-7,9H2,1-3H3/t10-/m0/s1. The van der Waals surface area contributed by atoms with Crippen molar-refractivity contribution in [2.45, 2.75) is 39.9 Å². The lowest BCUT2D eigenvalue weighted by Crippen LogP contribution is -2.19. The zero-order valence-corrected chi connectivity index (χ0v) is 14.5. The van der Waals surface area contributed by atoms with Crippen LogP contribution in [0.2, 0.25) is 10.0 Å². The second kappa shape index (κ2) is 7.47. The highest BCUT2D eigenvalue weighted by atomic mass is 35.5. The summed E-state index contributed by atoms with van der Waals surface area (Å²) in [6.45, 7) is 7.43. The van der Waals surface area contributed by atoms with Crippen molar-refractivity contribution in [1.29, 1.82) is 0 Å². The third-order valence-electron chi connectivity index (χ3n) is 3.87. The highest BCUT2D eigenvalue weighted by Gasteiger charge is 2.13. The lowest BCUT2D eigenvalue weighted by molar-refractivity contribution is 0.267. The molecule has 1 aromatic carbocycles. The fraction of sp³-hybridized carbons (Fsp3) is 0.438. The summed E-state index contributed by atoms with van der Waals surface area (Å²) in [6, 6.07) is 5.82. The van der Waals surface area contributed by atoms with Crippen LogP contribution in [0.15, 0.2) is 18.2 Å².